The van der Waals surface area contributed by atoms with Gasteiger partial charge < -0.3 is 10.4 Å². The molecule has 30 heavy (non-hydrogen) atoms. The summed E-state index contributed by atoms with van der Waals surface area (Å²) in [6, 6.07) is 9.25. The molecule has 2 aromatic carbocycles. The van der Waals surface area contributed by atoms with E-state index in [2.05, 4.69) is 10.0 Å². The van der Waals surface area contributed by atoms with Crippen LogP contribution in [0.15, 0.2) is 41.3 Å². The molecule has 162 valence electrons. The molecule has 0 bridgehead atoms. The van der Waals surface area contributed by atoms with Crippen LogP contribution in [0, 0.1) is 5.92 Å². The van der Waals surface area contributed by atoms with Crippen molar-refractivity contribution < 1.29 is 18.3 Å². The van der Waals surface area contributed by atoms with Crippen molar-refractivity contribution in [3.8, 4) is 0 Å². The summed E-state index contributed by atoms with van der Waals surface area (Å²) >= 11 is 12.3. The zero-order valence-electron chi connectivity index (χ0n) is 16.7. The molecule has 3 rings (SSSR count). The van der Waals surface area contributed by atoms with Crippen molar-refractivity contribution in [3.05, 3.63) is 63.1 Å². The first-order chi connectivity index (χ1) is 14.1. The fraction of sp³-hybridized carbons (Fsp3) is 0.381. The Morgan fingerprint density at radius 1 is 1.20 bits per heavy atom. The summed E-state index contributed by atoms with van der Waals surface area (Å²) in [5.41, 5.74) is 1.75. The van der Waals surface area contributed by atoms with Crippen molar-refractivity contribution in [2.45, 2.75) is 43.7 Å². The Hall–Kier alpha value is -1.64. The maximum Gasteiger partial charge on any atom is 0.253 e. The minimum Gasteiger partial charge on any atom is -0.390 e. The molecule has 9 heteroatoms. The molecule has 2 unspecified atom stereocenters. The smallest absolute Gasteiger partial charge is 0.253 e. The van der Waals surface area contributed by atoms with Gasteiger partial charge >= 0.3 is 0 Å². The first-order valence-electron chi connectivity index (χ1n) is 9.65. The van der Waals surface area contributed by atoms with Crippen molar-refractivity contribution in [1.29, 1.82) is 0 Å². The highest BCUT2D eigenvalue weighted by Crippen LogP contribution is 2.33. The van der Waals surface area contributed by atoms with Gasteiger partial charge in [-0.05, 0) is 35.6 Å². The average molecular weight is 471 g/mol. The lowest BCUT2D eigenvalue weighted by Gasteiger charge is -2.19. The molecular weight excluding hydrogens is 447 g/mol. The van der Waals surface area contributed by atoms with Crippen LogP contribution in [0.25, 0.3) is 0 Å². The number of amides is 1. The predicted octanol–water partition coefficient (Wildman–Crippen LogP) is 3.71. The quantitative estimate of drug-likeness (QED) is 0.574. The monoisotopic (exact) mass is 470 g/mol. The summed E-state index contributed by atoms with van der Waals surface area (Å²) in [5.74, 6) is -0.258. The first-order valence-corrected chi connectivity index (χ1v) is 11.9. The second-order valence-electron chi connectivity index (χ2n) is 7.76. The van der Waals surface area contributed by atoms with Gasteiger partial charge in [0.25, 0.3) is 5.91 Å². The fourth-order valence-corrected chi connectivity index (χ4v) is 5.34. The van der Waals surface area contributed by atoms with E-state index in [1.54, 1.807) is 0 Å². The van der Waals surface area contributed by atoms with Gasteiger partial charge in [-0.1, -0.05) is 61.3 Å². The van der Waals surface area contributed by atoms with Gasteiger partial charge in [0.2, 0.25) is 10.0 Å². The molecule has 0 saturated carbocycles. The van der Waals surface area contributed by atoms with Gasteiger partial charge in [0.1, 0.15) is 4.90 Å². The normalized spacial score (nSPS) is 18.5. The van der Waals surface area contributed by atoms with Gasteiger partial charge in [0.05, 0.1) is 27.8 Å². The first kappa shape index (κ1) is 23.0. The number of nitrogens with one attached hydrogen (secondary N) is 2. The molecule has 1 aliphatic rings. The van der Waals surface area contributed by atoms with E-state index in [1.807, 2.05) is 38.1 Å². The average Bonchev–Trinajstić information content (AvgIpc) is 2.96. The Morgan fingerprint density at radius 2 is 1.90 bits per heavy atom. The molecular formula is C21H24Cl2N2O4S. The second-order valence-corrected chi connectivity index (χ2v) is 10.3. The number of sulfonamides is 1. The van der Waals surface area contributed by atoms with Crippen molar-refractivity contribution in [2.75, 3.05) is 6.54 Å². The molecule has 0 saturated heterocycles. The maximum absolute atomic E-state index is 12.9. The number of fused-ring (bicyclic) bond motifs is 1. The largest absolute Gasteiger partial charge is 0.390 e. The van der Waals surface area contributed by atoms with E-state index in [0.29, 0.717) is 18.8 Å². The molecule has 0 heterocycles. The summed E-state index contributed by atoms with van der Waals surface area (Å²) in [7, 11) is -3.92. The number of hydrogen-bond acceptors (Lipinski definition) is 4. The Balaban J connectivity index is 1.86. The highest BCUT2D eigenvalue weighted by Gasteiger charge is 2.33. The molecule has 0 fully saturated rings. The maximum atomic E-state index is 12.9. The summed E-state index contributed by atoms with van der Waals surface area (Å²) in [4.78, 5) is 12.7. The van der Waals surface area contributed by atoms with Crippen molar-refractivity contribution in [1.82, 2.24) is 10.0 Å². The molecule has 0 spiro atoms. The molecule has 1 aliphatic carbocycles. The van der Waals surface area contributed by atoms with Crippen molar-refractivity contribution >= 4 is 39.1 Å². The van der Waals surface area contributed by atoms with E-state index in [4.69, 9.17) is 23.2 Å². The van der Waals surface area contributed by atoms with Gasteiger partial charge in [-0.2, -0.15) is 0 Å². The Bertz CT molecular complexity index is 1060. The standard InChI is InChI=1S/C21H24Cl2N2O4S/c1-12(2)7-8-24-30(28,29)19-10-15(16(22)11-17(19)23)21(27)25-20-14-6-4-3-5-13(14)9-18(20)26/h3-6,10-12,18,20,24,26H,7-9H2,1-2H3,(H,25,27). The number of rotatable bonds is 7. The number of aliphatic hydroxyl groups is 1. The van der Waals surface area contributed by atoms with E-state index in [9.17, 15) is 18.3 Å². The highest BCUT2D eigenvalue weighted by molar-refractivity contribution is 7.89. The number of hydrogen-bond donors (Lipinski definition) is 3. The zero-order chi connectivity index (χ0) is 22.1. The van der Waals surface area contributed by atoms with Crippen molar-refractivity contribution in [3.63, 3.8) is 0 Å². The lowest BCUT2D eigenvalue weighted by atomic mass is 10.1. The third kappa shape index (κ3) is 4.98. The zero-order valence-corrected chi connectivity index (χ0v) is 19.0. The third-order valence-corrected chi connectivity index (χ3v) is 7.30. The number of carbonyl (C=O) groups is 1. The highest BCUT2D eigenvalue weighted by atomic mass is 35.5. The SMILES string of the molecule is CC(C)CCNS(=O)(=O)c1cc(C(=O)NC2c3ccccc3CC2O)c(Cl)cc1Cl. The lowest BCUT2D eigenvalue weighted by Crippen LogP contribution is -2.34. The molecule has 0 aromatic heterocycles. The van der Waals surface area contributed by atoms with E-state index in [1.165, 1.54) is 12.1 Å². The summed E-state index contributed by atoms with van der Waals surface area (Å²) in [6.07, 6.45) is 0.310. The van der Waals surface area contributed by atoms with Gasteiger partial charge in [-0.3, -0.25) is 4.79 Å². The topological polar surface area (TPSA) is 95.5 Å². The number of benzene rings is 2. The Labute approximate surface area is 186 Å². The summed E-state index contributed by atoms with van der Waals surface area (Å²) in [6.45, 7) is 4.23. The fourth-order valence-electron chi connectivity index (χ4n) is 3.44. The van der Waals surface area contributed by atoms with Crippen LogP contribution in [0.4, 0.5) is 0 Å². The minimum atomic E-state index is -3.92. The van der Waals surface area contributed by atoms with Crippen LogP contribution in [0.1, 0.15) is 47.8 Å². The molecule has 1 amide bonds. The van der Waals surface area contributed by atoms with E-state index in [-0.39, 0.29) is 27.0 Å². The summed E-state index contributed by atoms with van der Waals surface area (Å²) in [5, 5.41) is 13.1. The van der Waals surface area contributed by atoms with Crippen molar-refractivity contribution in [2.24, 2.45) is 5.92 Å². The van der Waals surface area contributed by atoms with Crippen LogP contribution in [0.2, 0.25) is 10.0 Å². The van der Waals surface area contributed by atoms with Crippen LogP contribution < -0.4 is 10.0 Å². The number of halogens is 2. The molecule has 2 aromatic rings. The number of carbonyl (C=O) groups excluding carboxylic acids is 1. The molecule has 0 radical (unpaired) electrons. The van der Waals surface area contributed by atoms with Crippen LogP contribution >= 0.6 is 23.2 Å². The predicted molar refractivity (Wildman–Crippen MR) is 117 cm³/mol. The molecule has 0 aliphatic heterocycles. The van der Waals surface area contributed by atoms with Crippen LogP contribution in [-0.4, -0.2) is 32.1 Å². The Kier molecular flexibility index (Phi) is 7.09. The molecule has 6 nitrogen and oxygen atoms in total. The van der Waals surface area contributed by atoms with E-state index < -0.39 is 28.1 Å². The molecule has 3 N–H and O–H groups in total. The van der Waals surface area contributed by atoms with Crippen LogP contribution in [0.5, 0.6) is 0 Å². The van der Waals surface area contributed by atoms with E-state index >= 15 is 0 Å². The number of aliphatic hydroxyl groups excluding tert-OH is 1. The second kappa shape index (κ2) is 9.24. The third-order valence-electron chi connectivity index (χ3n) is 5.06. The van der Waals surface area contributed by atoms with E-state index in [0.717, 1.165) is 11.1 Å². The minimum absolute atomic E-state index is 0.0260. The van der Waals surface area contributed by atoms with Gasteiger partial charge in [-0.15, -0.1) is 0 Å². The van der Waals surface area contributed by atoms with Gasteiger partial charge in [-0.25, -0.2) is 13.1 Å². The van der Waals surface area contributed by atoms with Gasteiger partial charge in [0, 0.05) is 13.0 Å². The van der Waals surface area contributed by atoms with Crippen LogP contribution in [-0.2, 0) is 16.4 Å². The lowest BCUT2D eigenvalue weighted by molar-refractivity contribution is 0.0858. The molecule has 2 atom stereocenters. The Morgan fingerprint density at radius 3 is 2.60 bits per heavy atom. The van der Waals surface area contributed by atoms with Gasteiger partial charge in [0.15, 0.2) is 0 Å². The van der Waals surface area contributed by atoms with Crippen LogP contribution in [0.3, 0.4) is 0 Å². The summed E-state index contributed by atoms with van der Waals surface area (Å²) < 4.78 is 27.8.